The van der Waals surface area contributed by atoms with Gasteiger partial charge in [0.1, 0.15) is 0 Å². The fourth-order valence-corrected chi connectivity index (χ4v) is 1.87. The highest BCUT2D eigenvalue weighted by atomic mass is 16.6. The van der Waals surface area contributed by atoms with Crippen molar-refractivity contribution in [3.63, 3.8) is 0 Å². The number of hydrogen-bond acceptors (Lipinski definition) is 2. The van der Waals surface area contributed by atoms with Crippen LogP contribution in [-0.2, 0) is 4.74 Å². The third kappa shape index (κ3) is 9.43. The second-order valence-electron chi connectivity index (χ2n) is 5.48. The molecule has 0 aliphatic carbocycles. The van der Waals surface area contributed by atoms with Crippen molar-refractivity contribution in [2.45, 2.75) is 60.3 Å². The van der Waals surface area contributed by atoms with E-state index in [4.69, 9.17) is 4.74 Å². The standard InChI is InChI=1S/C11H23NO2.C8H10/c1-4-7-9-12(10-8-5-2)11(13)14-6-3;1-7-5-3-4-6-8(7)2/h4-10H2,1-3H3;3-6H,1-2H3. The van der Waals surface area contributed by atoms with Crippen LogP contribution in [0, 0.1) is 13.8 Å². The number of rotatable bonds is 7. The molecule has 1 aromatic carbocycles. The zero-order valence-electron chi connectivity index (χ0n) is 15.0. The van der Waals surface area contributed by atoms with Crippen molar-refractivity contribution < 1.29 is 9.53 Å². The van der Waals surface area contributed by atoms with Gasteiger partial charge in [-0.25, -0.2) is 4.79 Å². The molecule has 126 valence electrons. The molecular weight excluding hydrogens is 274 g/mol. The number of carbonyl (C=O) groups is 1. The molecule has 0 aromatic heterocycles. The molecule has 0 heterocycles. The smallest absolute Gasteiger partial charge is 0.409 e. The molecule has 0 bridgehead atoms. The molecule has 0 unspecified atom stereocenters. The van der Waals surface area contributed by atoms with Gasteiger partial charge in [-0.05, 0) is 44.7 Å². The number of carbonyl (C=O) groups excluding carboxylic acids is 1. The van der Waals surface area contributed by atoms with Gasteiger partial charge in [0.25, 0.3) is 0 Å². The maximum Gasteiger partial charge on any atom is 0.409 e. The van der Waals surface area contributed by atoms with Crippen LogP contribution in [0.3, 0.4) is 0 Å². The first-order chi connectivity index (χ1) is 10.6. The highest BCUT2D eigenvalue weighted by Gasteiger charge is 2.12. The SMILES string of the molecule is CCCCN(CCCC)C(=O)OCC.Cc1ccccc1C. The van der Waals surface area contributed by atoms with Crippen LogP contribution in [-0.4, -0.2) is 30.7 Å². The number of benzene rings is 1. The van der Waals surface area contributed by atoms with Crippen molar-refractivity contribution in [3.05, 3.63) is 35.4 Å². The summed E-state index contributed by atoms with van der Waals surface area (Å²) in [4.78, 5) is 13.3. The largest absolute Gasteiger partial charge is 0.450 e. The summed E-state index contributed by atoms with van der Waals surface area (Å²) in [6.45, 7) is 12.5. The first-order valence-corrected chi connectivity index (χ1v) is 8.50. The van der Waals surface area contributed by atoms with Gasteiger partial charge in [0.2, 0.25) is 0 Å². The average Bonchev–Trinajstić information content (AvgIpc) is 2.51. The maximum absolute atomic E-state index is 11.5. The van der Waals surface area contributed by atoms with Crippen LogP contribution in [0.5, 0.6) is 0 Å². The van der Waals surface area contributed by atoms with Gasteiger partial charge < -0.3 is 9.64 Å². The highest BCUT2D eigenvalue weighted by Crippen LogP contribution is 2.03. The second-order valence-corrected chi connectivity index (χ2v) is 5.48. The molecule has 1 amide bonds. The Morgan fingerprint density at radius 3 is 1.73 bits per heavy atom. The number of hydrogen-bond donors (Lipinski definition) is 0. The highest BCUT2D eigenvalue weighted by molar-refractivity contribution is 5.67. The minimum Gasteiger partial charge on any atom is -0.450 e. The van der Waals surface area contributed by atoms with Gasteiger partial charge in [-0.2, -0.15) is 0 Å². The molecule has 0 aliphatic rings. The summed E-state index contributed by atoms with van der Waals surface area (Å²) < 4.78 is 4.99. The molecule has 1 aromatic rings. The molecule has 0 spiro atoms. The number of aryl methyl sites for hydroxylation is 2. The van der Waals surface area contributed by atoms with E-state index in [1.54, 1.807) is 0 Å². The molecule has 3 heteroatoms. The fraction of sp³-hybridized carbons (Fsp3) is 0.632. The summed E-state index contributed by atoms with van der Waals surface area (Å²) in [6, 6.07) is 8.36. The minimum atomic E-state index is -0.158. The monoisotopic (exact) mass is 307 g/mol. The zero-order chi connectivity index (χ0) is 16.8. The summed E-state index contributed by atoms with van der Waals surface area (Å²) in [5.41, 5.74) is 2.74. The van der Waals surface area contributed by atoms with E-state index in [-0.39, 0.29) is 6.09 Å². The Morgan fingerprint density at radius 1 is 0.955 bits per heavy atom. The number of nitrogens with zero attached hydrogens (tertiary/aromatic N) is 1. The topological polar surface area (TPSA) is 29.5 Å². The lowest BCUT2D eigenvalue weighted by molar-refractivity contribution is 0.106. The normalized spacial score (nSPS) is 9.68. The summed E-state index contributed by atoms with van der Waals surface area (Å²) in [5, 5.41) is 0. The minimum absolute atomic E-state index is 0.158. The van der Waals surface area contributed by atoms with E-state index in [1.807, 2.05) is 11.8 Å². The maximum atomic E-state index is 11.5. The van der Waals surface area contributed by atoms with Gasteiger partial charge in [-0.3, -0.25) is 0 Å². The third-order valence-electron chi connectivity index (χ3n) is 3.51. The van der Waals surface area contributed by atoms with Gasteiger partial charge in [-0.15, -0.1) is 0 Å². The van der Waals surface area contributed by atoms with E-state index in [2.05, 4.69) is 52.0 Å². The molecule has 0 radical (unpaired) electrons. The van der Waals surface area contributed by atoms with Crippen LogP contribution in [0.2, 0.25) is 0 Å². The second kappa shape index (κ2) is 13.2. The van der Waals surface area contributed by atoms with E-state index < -0.39 is 0 Å². The van der Waals surface area contributed by atoms with E-state index in [9.17, 15) is 4.79 Å². The van der Waals surface area contributed by atoms with Gasteiger partial charge in [-0.1, -0.05) is 51.0 Å². The summed E-state index contributed by atoms with van der Waals surface area (Å²) in [6.07, 6.45) is 4.18. The number of amides is 1. The predicted molar refractivity (Wildman–Crippen MR) is 94.3 cm³/mol. The molecule has 0 saturated heterocycles. The van der Waals surface area contributed by atoms with Crippen molar-refractivity contribution in [2.75, 3.05) is 19.7 Å². The zero-order valence-corrected chi connectivity index (χ0v) is 15.0. The first-order valence-electron chi connectivity index (χ1n) is 8.50. The number of ether oxygens (including phenoxy) is 1. The fourth-order valence-electron chi connectivity index (χ4n) is 1.87. The lowest BCUT2D eigenvalue weighted by Crippen LogP contribution is -2.33. The molecule has 0 aliphatic heterocycles. The third-order valence-corrected chi connectivity index (χ3v) is 3.51. The van der Waals surface area contributed by atoms with Crippen LogP contribution >= 0.6 is 0 Å². The van der Waals surface area contributed by atoms with E-state index in [0.717, 1.165) is 38.8 Å². The van der Waals surface area contributed by atoms with Crippen molar-refractivity contribution in [3.8, 4) is 0 Å². The Bertz CT molecular complexity index is 375. The van der Waals surface area contributed by atoms with Crippen LogP contribution < -0.4 is 0 Å². The van der Waals surface area contributed by atoms with Gasteiger partial charge in [0.15, 0.2) is 0 Å². The summed E-state index contributed by atoms with van der Waals surface area (Å²) in [5.74, 6) is 0. The van der Waals surface area contributed by atoms with Gasteiger partial charge >= 0.3 is 6.09 Å². The Kier molecular flexibility index (Phi) is 12.3. The average molecular weight is 307 g/mol. The molecule has 0 atom stereocenters. The van der Waals surface area contributed by atoms with Crippen molar-refractivity contribution >= 4 is 6.09 Å². The quantitative estimate of drug-likeness (QED) is 0.679. The molecule has 0 N–H and O–H groups in total. The molecule has 3 nitrogen and oxygen atoms in total. The first kappa shape index (κ1) is 20.5. The Balaban J connectivity index is 0.000000461. The lowest BCUT2D eigenvalue weighted by Gasteiger charge is -2.21. The molecule has 0 fully saturated rings. The Labute approximate surface area is 136 Å². The number of unbranched alkanes of at least 4 members (excludes halogenated alkanes) is 2. The van der Waals surface area contributed by atoms with Crippen molar-refractivity contribution in [1.82, 2.24) is 4.90 Å². The molecular formula is C19H33NO2. The van der Waals surface area contributed by atoms with Crippen molar-refractivity contribution in [2.24, 2.45) is 0 Å². The molecule has 0 saturated carbocycles. The van der Waals surface area contributed by atoms with Gasteiger partial charge in [0.05, 0.1) is 6.61 Å². The van der Waals surface area contributed by atoms with E-state index >= 15 is 0 Å². The molecule has 22 heavy (non-hydrogen) atoms. The van der Waals surface area contributed by atoms with Crippen LogP contribution in [0.15, 0.2) is 24.3 Å². The Hall–Kier alpha value is -1.51. The summed E-state index contributed by atoms with van der Waals surface area (Å²) in [7, 11) is 0. The Morgan fingerprint density at radius 2 is 1.41 bits per heavy atom. The van der Waals surface area contributed by atoms with Crippen LogP contribution in [0.4, 0.5) is 4.79 Å². The van der Waals surface area contributed by atoms with Crippen molar-refractivity contribution in [1.29, 1.82) is 0 Å². The van der Waals surface area contributed by atoms with E-state index in [1.165, 1.54) is 11.1 Å². The summed E-state index contributed by atoms with van der Waals surface area (Å²) >= 11 is 0. The van der Waals surface area contributed by atoms with Crippen LogP contribution in [0.25, 0.3) is 0 Å². The van der Waals surface area contributed by atoms with Crippen LogP contribution in [0.1, 0.15) is 57.6 Å². The van der Waals surface area contributed by atoms with Gasteiger partial charge in [0, 0.05) is 13.1 Å². The van der Waals surface area contributed by atoms with E-state index in [0.29, 0.717) is 6.61 Å². The lowest BCUT2D eigenvalue weighted by atomic mass is 10.1. The predicted octanol–water partition coefficient (Wildman–Crippen LogP) is 5.35. The molecule has 1 rings (SSSR count).